The van der Waals surface area contributed by atoms with Crippen molar-refractivity contribution in [3.8, 4) is 0 Å². The third kappa shape index (κ3) is 6.88. The Kier molecular flexibility index (Phi) is 7.51. The number of carbonyl (C=O) groups is 1. The highest BCUT2D eigenvalue weighted by atomic mass is 32.1. The molecule has 0 radical (unpaired) electrons. The van der Waals surface area contributed by atoms with Crippen LogP contribution in [0.5, 0.6) is 0 Å². The molecule has 0 aliphatic carbocycles. The number of carboxylic acids is 1. The van der Waals surface area contributed by atoms with Crippen molar-refractivity contribution in [3.63, 3.8) is 0 Å². The van der Waals surface area contributed by atoms with E-state index >= 15 is 0 Å². The highest BCUT2D eigenvalue weighted by Gasteiger charge is 2.09. The Balaban J connectivity index is 1.66. The van der Waals surface area contributed by atoms with Crippen molar-refractivity contribution in [2.24, 2.45) is 5.92 Å². The van der Waals surface area contributed by atoms with Gasteiger partial charge in [-0.05, 0) is 69.1 Å². The van der Waals surface area contributed by atoms with E-state index in [0.717, 1.165) is 25.7 Å². The molecule has 1 aromatic carbocycles. The lowest BCUT2D eigenvalue weighted by Crippen LogP contribution is -2.04. The molecule has 1 heterocycles. The number of benzene rings is 1. The van der Waals surface area contributed by atoms with Crippen molar-refractivity contribution in [2.75, 3.05) is 0 Å². The summed E-state index contributed by atoms with van der Waals surface area (Å²) in [7, 11) is 0. The number of aliphatic carboxylic acids is 1. The average molecular weight is 345 g/mol. The molecule has 2 nitrogen and oxygen atoms in total. The summed E-state index contributed by atoms with van der Waals surface area (Å²) >= 11 is 1.89. The van der Waals surface area contributed by atoms with E-state index in [-0.39, 0.29) is 12.3 Å². The molecule has 2 aromatic rings. The average Bonchev–Trinajstić information content (AvgIpc) is 2.98. The molecule has 1 atom stereocenters. The largest absolute Gasteiger partial charge is 0.481 e. The van der Waals surface area contributed by atoms with Gasteiger partial charge < -0.3 is 5.11 Å². The zero-order valence-electron chi connectivity index (χ0n) is 14.8. The quantitative estimate of drug-likeness (QED) is 0.564. The molecule has 130 valence electrons. The molecular formula is C21H28O2S. The molecule has 3 heteroatoms. The van der Waals surface area contributed by atoms with E-state index in [4.69, 9.17) is 5.11 Å². The smallest absolute Gasteiger partial charge is 0.303 e. The predicted octanol–water partition coefficient (Wildman–Crippen LogP) is 5.67. The van der Waals surface area contributed by atoms with Gasteiger partial charge in [-0.1, -0.05) is 36.8 Å². The Bertz CT molecular complexity index is 628. The van der Waals surface area contributed by atoms with Crippen LogP contribution in [0.2, 0.25) is 0 Å². The maximum absolute atomic E-state index is 10.7. The molecule has 0 spiro atoms. The van der Waals surface area contributed by atoms with Gasteiger partial charge in [0.25, 0.3) is 0 Å². The maximum Gasteiger partial charge on any atom is 0.303 e. The first-order valence-corrected chi connectivity index (χ1v) is 9.69. The van der Waals surface area contributed by atoms with Gasteiger partial charge >= 0.3 is 5.97 Å². The number of thiophene rings is 1. The number of rotatable bonds is 10. The number of hydrogen-bond donors (Lipinski definition) is 1. The monoisotopic (exact) mass is 344 g/mol. The Morgan fingerprint density at radius 2 is 1.62 bits per heavy atom. The Hall–Kier alpha value is -1.61. The fraction of sp³-hybridized carbons (Fsp3) is 0.476. The molecule has 0 saturated carbocycles. The summed E-state index contributed by atoms with van der Waals surface area (Å²) in [6.45, 7) is 4.15. The van der Waals surface area contributed by atoms with Crippen LogP contribution in [-0.4, -0.2) is 11.1 Å². The van der Waals surface area contributed by atoms with Crippen LogP contribution < -0.4 is 0 Å². The first-order valence-electron chi connectivity index (χ1n) is 8.88. The van der Waals surface area contributed by atoms with Crippen molar-refractivity contribution in [3.05, 3.63) is 57.3 Å². The van der Waals surface area contributed by atoms with Crippen LogP contribution in [0.1, 0.15) is 53.5 Å². The number of hydrogen-bond acceptors (Lipinski definition) is 2. The fourth-order valence-electron chi connectivity index (χ4n) is 2.86. The van der Waals surface area contributed by atoms with E-state index < -0.39 is 5.97 Å². The van der Waals surface area contributed by atoms with E-state index in [1.807, 2.05) is 18.3 Å². The van der Waals surface area contributed by atoms with E-state index in [1.165, 1.54) is 33.7 Å². The van der Waals surface area contributed by atoms with Gasteiger partial charge in [-0.15, -0.1) is 11.3 Å². The minimum absolute atomic E-state index is 0.252. The van der Waals surface area contributed by atoms with E-state index in [9.17, 15) is 4.79 Å². The summed E-state index contributed by atoms with van der Waals surface area (Å²) in [5, 5.41) is 8.80. The van der Waals surface area contributed by atoms with Crippen LogP contribution >= 0.6 is 11.3 Å². The van der Waals surface area contributed by atoms with Gasteiger partial charge in [0.05, 0.1) is 0 Å². The highest BCUT2D eigenvalue weighted by molar-refractivity contribution is 7.11. The summed E-state index contributed by atoms with van der Waals surface area (Å²) in [5.41, 5.74) is 2.75. The third-order valence-corrected chi connectivity index (χ3v) is 5.59. The van der Waals surface area contributed by atoms with Crippen LogP contribution in [0, 0.1) is 12.8 Å². The molecule has 2 rings (SSSR count). The second-order valence-corrected chi connectivity index (χ2v) is 8.06. The topological polar surface area (TPSA) is 37.3 Å². The predicted molar refractivity (Wildman–Crippen MR) is 102 cm³/mol. The molecule has 1 aromatic heterocycles. The molecule has 0 bridgehead atoms. The summed E-state index contributed by atoms with van der Waals surface area (Å²) in [4.78, 5) is 13.5. The Morgan fingerprint density at radius 1 is 1.00 bits per heavy atom. The summed E-state index contributed by atoms with van der Waals surface area (Å²) in [6.07, 6.45) is 7.00. The van der Waals surface area contributed by atoms with Gasteiger partial charge in [0.1, 0.15) is 0 Å². The molecule has 0 aliphatic heterocycles. The summed E-state index contributed by atoms with van der Waals surface area (Å²) in [5.74, 6) is -0.439. The normalized spacial score (nSPS) is 12.2. The molecule has 1 N–H and O–H groups in total. The second-order valence-electron chi connectivity index (χ2n) is 6.80. The van der Waals surface area contributed by atoms with Crippen molar-refractivity contribution in [1.29, 1.82) is 0 Å². The van der Waals surface area contributed by atoms with Crippen molar-refractivity contribution >= 4 is 17.3 Å². The van der Waals surface area contributed by atoms with Crippen LogP contribution in [-0.2, 0) is 24.1 Å². The molecule has 0 aliphatic rings. The van der Waals surface area contributed by atoms with Gasteiger partial charge in [-0.3, -0.25) is 4.79 Å². The fourth-order valence-corrected chi connectivity index (χ4v) is 3.94. The highest BCUT2D eigenvalue weighted by Crippen LogP contribution is 2.22. The van der Waals surface area contributed by atoms with Gasteiger partial charge in [-0.25, -0.2) is 0 Å². The zero-order chi connectivity index (χ0) is 17.4. The minimum Gasteiger partial charge on any atom is -0.481 e. The van der Waals surface area contributed by atoms with Crippen LogP contribution in [0.4, 0.5) is 0 Å². The van der Waals surface area contributed by atoms with Crippen LogP contribution in [0.3, 0.4) is 0 Å². The first-order chi connectivity index (χ1) is 11.5. The van der Waals surface area contributed by atoms with Gasteiger partial charge in [0.2, 0.25) is 0 Å². The zero-order valence-corrected chi connectivity index (χ0v) is 15.6. The summed E-state index contributed by atoms with van der Waals surface area (Å²) in [6, 6.07) is 13.3. The molecule has 24 heavy (non-hydrogen) atoms. The molecule has 0 saturated heterocycles. The molecule has 0 fully saturated rings. The van der Waals surface area contributed by atoms with E-state index in [1.54, 1.807) is 0 Å². The number of carboxylic acid groups (broad SMARTS) is 1. The van der Waals surface area contributed by atoms with Gasteiger partial charge in [0, 0.05) is 16.2 Å². The lowest BCUT2D eigenvalue weighted by Gasteiger charge is -2.06. The molecule has 1 unspecified atom stereocenters. The SMILES string of the molecule is Cc1ccc(CCCCc2ccc(CCC(C)CC(=O)O)s2)cc1. The number of aryl methyl sites for hydroxylation is 4. The standard InChI is InChI=1S/C21H28O2S/c1-16-7-10-18(11-8-16)5-3-4-6-19-13-14-20(24-19)12-9-17(2)15-21(22)23/h7-8,10-11,13-14,17H,3-6,9,12,15H2,1-2H3,(H,22,23). The van der Waals surface area contributed by atoms with Gasteiger partial charge in [0.15, 0.2) is 0 Å². The second kappa shape index (κ2) is 9.63. The Morgan fingerprint density at radius 3 is 2.29 bits per heavy atom. The van der Waals surface area contributed by atoms with Crippen molar-refractivity contribution in [2.45, 2.75) is 58.8 Å². The maximum atomic E-state index is 10.7. The van der Waals surface area contributed by atoms with E-state index in [0.29, 0.717) is 0 Å². The van der Waals surface area contributed by atoms with Crippen LogP contribution in [0.25, 0.3) is 0 Å². The lowest BCUT2D eigenvalue weighted by atomic mass is 10.0. The van der Waals surface area contributed by atoms with Crippen molar-refractivity contribution in [1.82, 2.24) is 0 Å². The minimum atomic E-state index is -0.692. The third-order valence-electron chi connectivity index (χ3n) is 4.38. The lowest BCUT2D eigenvalue weighted by molar-refractivity contribution is -0.138. The Labute approximate surface area is 149 Å². The van der Waals surface area contributed by atoms with E-state index in [2.05, 4.69) is 43.3 Å². The number of unbranched alkanes of at least 4 members (excludes halogenated alkanes) is 1. The molecule has 0 amide bonds. The molecular weight excluding hydrogens is 316 g/mol. The van der Waals surface area contributed by atoms with Crippen molar-refractivity contribution < 1.29 is 9.90 Å². The van der Waals surface area contributed by atoms with Crippen LogP contribution in [0.15, 0.2) is 36.4 Å². The first kappa shape index (κ1) is 18.7. The summed E-state index contributed by atoms with van der Waals surface area (Å²) < 4.78 is 0. The van der Waals surface area contributed by atoms with Gasteiger partial charge in [-0.2, -0.15) is 0 Å².